The minimum atomic E-state index is -5.15. The number of ether oxygens (including phenoxy) is 1. The molecule has 0 saturated carbocycles. The highest BCUT2D eigenvalue weighted by molar-refractivity contribution is 5.74. The van der Waals surface area contributed by atoms with E-state index in [1.807, 2.05) is 0 Å². The maximum atomic E-state index is 13.0. The maximum absolute atomic E-state index is 13.0. The number of aromatic nitrogens is 1. The van der Waals surface area contributed by atoms with Crippen LogP contribution in [0.4, 0.5) is 22.0 Å². The van der Waals surface area contributed by atoms with Crippen molar-refractivity contribution < 1.29 is 31.5 Å². The van der Waals surface area contributed by atoms with Crippen LogP contribution in [0.25, 0.3) is 0 Å². The SMILES string of the molecule is CCOC(=O)Cc1c(C#N)ncc(C(F)F)c1C(F)(F)F. The molecule has 0 atom stereocenters. The second-order valence-electron chi connectivity index (χ2n) is 3.81. The van der Waals surface area contributed by atoms with Crippen molar-refractivity contribution in [2.45, 2.75) is 25.9 Å². The molecule has 9 heteroatoms. The fraction of sp³-hybridized carbons (Fsp3) is 0.417. The average Bonchev–Trinajstić information content (AvgIpc) is 2.36. The lowest BCUT2D eigenvalue weighted by atomic mass is 9.98. The summed E-state index contributed by atoms with van der Waals surface area (Å²) in [7, 11) is 0. The monoisotopic (exact) mass is 308 g/mol. The second kappa shape index (κ2) is 6.47. The number of carbonyl (C=O) groups is 1. The molecule has 0 radical (unpaired) electrons. The summed E-state index contributed by atoms with van der Waals surface area (Å²) in [5.74, 6) is -1.06. The van der Waals surface area contributed by atoms with E-state index in [0.717, 1.165) is 0 Å². The Bertz CT molecular complexity index is 578. The summed E-state index contributed by atoms with van der Waals surface area (Å²) in [5.41, 5.74) is -4.72. The largest absolute Gasteiger partial charge is 0.466 e. The fourth-order valence-corrected chi connectivity index (χ4v) is 1.69. The van der Waals surface area contributed by atoms with Gasteiger partial charge in [0.2, 0.25) is 0 Å². The Morgan fingerprint density at radius 3 is 2.52 bits per heavy atom. The Labute approximate surface area is 116 Å². The van der Waals surface area contributed by atoms with Crippen LogP contribution in [0, 0.1) is 11.3 Å². The molecule has 4 nitrogen and oxygen atoms in total. The van der Waals surface area contributed by atoms with Gasteiger partial charge in [-0.1, -0.05) is 0 Å². The van der Waals surface area contributed by atoms with E-state index in [-0.39, 0.29) is 6.61 Å². The third-order valence-electron chi connectivity index (χ3n) is 2.46. The van der Waals surface area contributed by atoms with Crippen LogP contribution in [0.3, 0.4) is 0 Å². The summed E-state index contributed by atoms with van der Waals surface area (Å²) >= 11 is 0. The minimum absolute atomic E-state index is 0.0932. The highest BCUT2D eigenvalue weighted by Gasteiger charge is 2.40. The van der Waals surface area contributed by atoms with E-state index in [2.05, 4.69) is 9.72 Å². The third kappa shape index (κ3) is 3.87. The molecule has 114 valence electrons. The number of alkyl halides is 5. The quantitative estimate of drug-likeness (QED) is 0.633. The second-order valence-corrected chi connectivity index (χ2v) is 3.81. The van der Waals surface area contributed by atoms with Gasteiger partial charge in [0, 0.05) is 17.3 Å². The zero-order chi connectivity index (χ0) is 16.2. The minimum Gasteiger partial charge on any atom is -0.466 e. The van der Waals surface area contributed by atoms with Crippen molar-refractivity contribution in [3.63, 3.8) is 0 Å². The van der Waals surface area contributed by atoms with Crippen molar-refractivity contribution in [3.05, 3.63) is 28.6 Å². The molecule has 0 spiro atoms. The van der Waals surface area contributed by atoms with Gasteiger partial charge >= 0.3 is 12.1 Å². The van der Waals surface area contributed by atoms with Crippen molar-refractivity contribution >= 4 is 5.97 Å². The predicted molar refractivity (Wildman–Crippen MR) is 59.2 cm³/mol. The summed E-state index contributed by atoms with van der Waals surface area (Å²) in [5, 5.41) is 8.76. The molecule has 0 N–H and O–H groups in total. The van der Waals surface area contributed by atoms with Crippen molar-refractivity contribution in [1.82, 2.24) is 4.98 Å². The van der Waals surface area contributed by atoms with Crippen molar-refractivity contribution in [1.29, 1.82) is 5.26 Å². The first kappa shape index (κ1) is 16.8. The van der Waals surface area contributed by atoms with E-state index in [1.54, 1.807) is 0 Å². The predicted octanol–water partition coefficient (Wildman–Crippen LogP) is 3.02. The number of nitrogens with zero attached hydrogens (tertiary/aromatic N) is 2. The van der Waals surface area contributed by atoms with Crippen LogP contribution < -0.4 is 0 Å². The molecule has 0 saturated heterocycles. The summed E-state index contributed by atoms with van der Waals surface area (Å²) in [6.45, 7) is 1.34. The van der Waals surface area contributed by atoms with E-state index < -0.39 is 47.4 Å². The van der Waals surface area contributed by atoms with E-state index >= 15 is 0 Å². The molecule has 0 aliphatic carbocycles. The third-order valence-corrected chi connectivity index (χ3v) is 2.46. The molecular weight excluding hydrogens is 299 g/mol. The van der Waals surface area contributed by atoms with Crippen LogP contribution in [0.2, 0.25) is 0 Å². The topological polar surface area (TPSA) is 63.0 Å². The zero-order valence-electron chi connectivity index (χ0n) is 10.7. The van der Waals surface area contributed by atoms with Gasteiger partial charge in [-0.3, -0.25) is 4.79 Å². The van der Waals surface area contributed by atoms with Gasteiger partial charge < -0.3 is 4.74 Å². The van der Waals surface area contributed by atoms with Crippen LogP contribution in [0.15, 0.2) is 6.20 Å². The molecule has 1 aromatic rings. The first-order chi connectivity index (χ1) is 9.72. The number of hydrogen-bond acceptors (Lipinski definition) is 4. The molecule has 0 unspecified atom stereocenters. The standard InChI is InChI=1S/C12H9F5N2O2/c1-2-21-9(20)3-6-8(4-18)19-5-7(11(13)14)10(6)12(15,16)17/h5,11H,2-3H2,1H3. The molecule has 0 amide bonds. The Hall–Kier alpha value is -2.24. The van der Waals surface area contributed by atoms with Gasteiger partial charge in [0.15, 0.2) is 0 Å². The normalized spacial score (nSPS) is 11.3. The van der Waals surface area contributed by atoms with Crippen molar-refractivity contribution in [3.8, 4) is 6.07 Å². The number of carbonyl (C=O) groups excluding carboxylic acids is 1. The molecule has 1 aromatic heterocycles. The van der Waals surface area contributed by atoms with Crippen molar-refractivity contribution in [2.75, 3.05) is 6.61 Å². The first-order valence-electron chi connectivity index (χ1n) is 5.65. The number of halogens is 5. The van der Waals surface area contributed by atoms with E-state index in [4.69, 9.17) is 5.26 Å². The van der Waals surface area contributed by atoms with E-state index in [1.165, 1.54) is 13.0 Å². The highest BCUT2D eigenvalue weighted by atomic mass is 19.4. The molecule has 21 heavy (non-hydrogen) atoms. The van der Waals surface area contributed by atoms with Gasteiger partial charge in [-0.2, -0.15) is 18.4 Å². The summed E-state index contributed by atoms with van der Waals surface area (Å²) in [6.07, 6.45) is -9.26. The Morgan fingerprint density at radius 2 is 2.10 bits per heavy atom. The molecule has 0 fully saturated rings. The lowest BCUT2D eigenvalue weighted by molar-refractivity contribution is -0.144. The molecule has 1 rings (SSSR count). The summed E-state index contributed by atoms with van der Waals surface area (Å²) in [4.78, 5) is 14.6. The number of pyridine rings is 1. The fourth-order valence-electron chi connectivity index (χ4n) is 1.69. The summed E-state index contributed by atoms with van der Waals surface area (Å²) < 4.78 is 68.9. The molecule has 0 aliphatic rings. The van der Waals surface area contributed by atoms with Crippen LogP contribution >= 0.6 is 0 Å². The molecule has 0 aromatic carbocycles. The molecule has 0 aliphatic heterocycles. The zero-order valence-corrected chi connectivity index (χ0v) is 10.7. The Morgan fingerprint density at radius 1 is 1.48 bits per heavy atom. The molecular formula is C12H9F5N2O2. The van der Waals surface area contributed by atoms with Crippen LogP contribution in [-0.4, -0.2) is 17.6 Å². The van der Waals surface area contributed by atoms with Crippen molar-refractivity contribution in [2.24, 2.45) is 0 Å². The molecule has 0 bridgehead atoms. The van der Waals surface area contributed by atoms with Gasteiger partial charge in [0.05, 0.1) is 18.6 Å². The first-order valence-corrected chi connectivity index (χ1v) is 5.65. The lowest BCUT2D eigenvalue weighted by Crippen LogP contribution is -2.19. The van der Waals surface area contributed by atoms with Crippen LogP contribution in [-0.2, 0) is 22.1 Å². The van der Waals surface area contributed by atoms with Gasteiger partial charge in [-0.15, -0.1) is 0 Å². The van der Waals surface area contributed by atoms with Gasteiger partial charge in [-0.25, -0.2) is 13.8 Å². The Balaban J connectivity index is 3.52. The van der Waals surface area contributed by atoms with E-state index in [0.29, 0.717) is 6.20 Å². The lowest BCUT2D eigenvalue weighted by Gasteiger charge is -2.17. The Kier molecular flexibility index (Phi) is 5.18. The number of esters is 1. The summed E-state index contributed by atoms with van der Waals surface area (Å²) in [6, 6.07) is 1.36. The number of nitriles is 1. The van der Waals surface area contributed by atoms with Gasteiger partial charge in [-0.05, 0) is 6.92 Å². The van der Waals surface area contributed by atoms with Gasteiger partial charge in [0.25, 0.3) is 6.43 Å². The highest BCUT2D eigenvalue weighted by Crippen LogP contribution is 2.39. The number of rotatable bonds is 4. The smallest absolute Gasteiger partial charge is 0.417 e. The van der Waals surface area contributed by atoms with Gasteiger partial charge in [0.1, 0.15) is 11.8 Å². The molecule has 1 heterocycles. The van der Waals surface area contributed by atoms with Crippen LogP contribution in [0.1, 0.15) is 35.7 Å². The van der Waals surface area contributed by atoms with E-state index in [9.17, 15) is 26.7 Å². The number of hydrogen-bond donors (Lipinski definition) is 0. The van der Waals surface area contributed by atoms with Crippen LogP contribution in [0.5, 0.6) is 0 Å². The maximum Gasteiger partial charge on any atom is 0.417 e. The average molecular weight is 308 g/mol.